The summed E-state index contributed by atoms with van der Waals surface area (Å²) in [6.45, 7) is 7.53. The molecule has 2 saturated heterocycles. The van der Waals surface area contributed by atoms with Crippen molar-refractivity contribution in [2.45, 2.75) is 19.4 Å². The van der Waals surface area contributed by atoms with E-state index >= 15 is 0 Å². The number of aromatic nitrogens is 1. The van der Waals surface area contributed by atoms with E-state index in [2.05, 4.69) is 22.9 Å². The maximum absolute atomic E-state index is 12.9. The normalized spacial score (nSPS) is 27.7. The van der Waals surface area contributed by atoms with Crippen molar-refractivity contribution in [3.05, 3.63) is 48.3 Å². The van der Waals surface area contributed by atoms with E-state index in [1.165, 1.54) is 13.1 Å². The minimum absolute atomic E-state index is 0.161. The molecule has 0 spiro atoms. The molecular weight excluding hydrogens is 390 g/mol. The van der Waals surface area contributed by atoms with Crippen molar-refractivity contribution in [3.63, 3.8) is 0 Å². The third-order valence-corrected chi connectivity index (χ3v) is 7.24. The molecule has 0 N–H and O–H groups in total. The zero-order valence-electron chi connectivity index (χ0n) is 18.4. The van der Waals surface area contributed by atoms with Gasteiger partial charge in [-0.25, -0.2) is 0 Å². The number of pyridine rings is 1. The first-order valence-corrected chi connectivity index (χ1v) is 11.4. The summed E-state index contributed by atoms with van der Waals surface area (Å²) in [5.74, 6) is 3.19. The first kappa shape index (κ1) is 20.5. The lowest BCUT2D eigenvalue weighted by atomic mass is 10.1. The van der Waals surface area contributed by atoms with Crippen LogP contribution in [0.1, 0.15) is 25.1 Å². The van der Waals surface area contributed by atoms with E-state index in [1.807, 2.05) is 41.4 Å². The summed E-state index contributed by atoms with van der Waals surface area (Å²) in [4.78, 5) is 22.1. The van der Waals surface area contributed by atoms with E-state index in [-0.39, 0.29) is 12.0 Å². The maximum atomic E-state index is 12.9. The van der Waals surface area contributed by atoms with Crippen molar-refractivity contribution in [3.8, 4) is 16.9 Å². The number of likely N-dealkylation sites (tertiary alicyclic amines) is 1. The van der Waals surface area contributed by atoms with Gasteiger partial charge in [-0.3, -0.25) is 9.78 Å². The highest BCUT2D eigenvalue weighted by Gasteiger charge is 2.55. The molecule has 1 amide bonds. The molecule has 3 aliphatic rings. The number of benzene rings is 1. The van der Waals surface area contributed by atoms with Gasteiger partial charge in [-0.15, -0.1) is 0 Å². The van der Waals surface area contributed by atoms with Crippen LogP contribution in [-0.4, -0.2) is 67.1 Å². The first-order chi connectivity index (χ1) is 15.2. The molecule has 0 bridgehead atoms. The smallest absolute Gasteiger partial charge is 0.223 e. The molecule has 164 valence electrons. The highest BCUT2D eigenvalue weighted by Crippen LogP contribution is 2.53. The molecule has 1 aliphatic carbocycles. The number of ether oxygens (including phenoxy) is 2. The quantitative estimate of drug-likeness (QED) is 0.717. The molecule has 3 heterocycles. The van der Waals surface area contributed by atoms with Gasteiger partial charge in [0, 0.05) is 37.8 Å². The SMILES string of the molecule is CCN1CC2C(CC(=O)N3CCOC(c4ccc(-c5cccc(OC)c5)cn4)C3)C2C1. The Morgan fingerprint density at radius 1 is 1.16 bits per heavy atom. The number of nitrogens with zero attached hydrogens (tertiary/aromatic N) is 3. The fraction of sp³-hybridized carbons (Fsp3) is 0.520. The molecular formula is C25H31N3O3. The largest absolute Gasteiger partial charge is 0.497 e. The third kappa shape index (κ3) is 4.19. The standard InChI is InChI=1S/C25H31N3O3/c1-3-27-14-21-20(22(21)15-27)12-25(29)28-9-10-31-24(16-28)23-8-7-18(13-26-23)17-5-4-6-19(11-17)30-2/h4-8,11,13,20-22,24H,3,9-10,12,14-16H2,1-2H3. The van der Waals surface area contributed by atoms with Crippen LogP contribution in [0.2, 0.25) is 0 Å². The van der Waals surface area contributed by atoms with Crippen molar-refractivity contribution in [1.29, 1.82) is 0 Å². The summed E-state index contributed by atoms with van der Waals surface area (Å²) in [5, 5.41) is 0. The number of hydrogen-bond donors (Lipinski definition) is 0. The van der Waals surface area contributed by atoms with Gasteiger partial charge < -0.3 is 19.3 Å². The van der Waals surface area contributed by atoms with Crippen LogP contribution in [0.5, 0.6) is 5.75 Å². The van der Waals surface area contributed by atoms with Gasteiger partial charge in [-0.2, -0.15) is 0 Å². The Labute approximate surface area is 184 Å². The van der Waals surface area contributed by atoms with Gasteiger partial charge in [-0.1, -0.05) is 25.1 Å². The molecule has 2 aromatic rings. The van der Waals surface area contributed by atoms with Gasteiger partial charge in [-0.05, 0) is 48.1 Å². The van der Waals surface area contributed by atoms with E-state index in [0.29, 0.717) is 32.0 Å². The van der Waals surface area contributed by atoms with Crippen LogP contribution in [0.4, 0.5) is 0 Å². The van der Waals surface area contributed by atoms with Gasteiger partial charge in [0.1, 0.15) is 11.9 Å². The number of carbonyl (C=O) groups excluding carboxylic acids is 1. The van der Waals surface area contributed by atoms with Crippen LogP contribution in [0, 0.1) is 17.8 Å². The Morgan fingerprint density at radius 2 is 2.00 bits per heavy atom. The average Bonchev–Trinajstić information content (AvgIpc) is 3.26. The van der Waals surface area contributed by atoms with E-state index in [1.54, 1.807) is 7.11 Å². The Bertz CT molecular complexity index is 920. The van der Waals surface area contributed by atoms with Crippen LogP contribution in [0.3, 0.4) is 0 Å². The van der Waals surface area contributed by atoms with Gasteiger partial charge in [0.15, 0.2) is 0 Å². The number of amides is 1. The second kappa shape index (κ2) is 8.60. The maximum Gasteiger partial charge on any atom is 0.223 e. The molecule has 31 heavy (non-hydrogen) atoms. The lowest BCUT2D eigenvalue weighted by molar-refractivity contribution is -0.139. The Hall–Kier alpha value is -2.44. The van der Waals surface area contributed by atoms with Crippen molar-refractivity contribution in [2.75, 3.05) is 46.4 Å². The summed E-state index contributed by atoms with van der Waals surface area (Å²) in [7, 11) is 1.67. The highest BCUT2D eigenvalue weighted by molar-refractivity contribution is 5.77. The second-order valence-electron chi connectivity index (χ2n) is 8.95. The number of hydrogen-bond acceptors (Lipinski definition) is 5. The number of carbonyl (C=O) groups is 1. The van der Waals surface area contributed by atoms with Crippen LogP contribution in [-0.2, 0) is 9.53 Å². The summed E-state index contributed by atoms with van der Waals surface area (Å²) < 4.78 is 11.3. The fourth-order valence-corrected chi connectivity index (χ4v) is 5.25. The van der Waals surface area contributed by atoms with E-state index < -0.39 is 0 Å². The van der Waals surface area contributed by atoms with E-state index in [9.17, 15) is 4.79 Å². The van der Waals surface area contributed by atoms with Gasteiger partial charge in [0.2, 0.25) is 5.91 Å². The molecule has 0 radical (unpaired) electrons. The molecule has 1 saturated carbocycles. The molecule has 3 fully saturated rings. The summed E-state index contributed by atoms with van der Waals surface area (Å²) >= 11 is 0. The number of piperidine rings is 1. The fourth-order valence-electron chi connectivity index (χ4n) is 5.25. The zero-order chi connectivity index (χ0) is 21.4. The molecule has 6 nitrogen and oxygen atoms in total. The molecule has 3 atom stereocenters. The van der Waals surface area contributed by atoms with Crippen molar-refractivity contribution >= 4 is 5.91 Å². The zero-order valence-corrected chi connectivity index (χ0v) is 18.4. The summed E-state index contributed by atoms with van der Waals surface area (Å²) in [6.07, 6.45) is 2.41. The number of morpholine rings is 1. The lowest BCUT2D eigenvalue weighted by Gasteiger charge is -2.33. The first-order valence-electron chi connectivity index (χ1n) is 11.4. The average molecular weight is 422 g/mol. The molecule has 3 unspecified atom stereocenters. The van der Waals surface area contributed by atoms with E-state index in [0.717, 1.165) is 41.0 Å². The summed E-state index contributed by atoms with van der Waals surface area (Å²) in [5.41, 5.74) is 2.98. The van der Waals surface area contributed by atoms with E-state index in [4.69, 9.17) is 9.47 Å². The van der Waals surface area contributed by atoms with Crippen molar-refractivity contribution < 1.29 is 14.3 Å². The Kier molecular flexibility index (Phi) is 5.67. The molecule has 2 aliphatic heterocycles. The van der Waals surface area contributed by atoms with Gasteiger partial charge >= 0.3 is 0 Å². The van der Waals surface area contributed by atoms with Gasteiger partial charge in [0.05, 0.1) is 26.0 Å². The second-order valence-corrected chi connectivity index (χ2v) is 8.95. The lowest BCUT2D eigenvalue weighted by Crippen LogP contribution is -2.42. The molecule has 6 heteroatoms. The van der Waals surface area contributed by atoms with Gasteiger partial charge in [0.25, 0.3) is 0 Å². The topological polar surface area (TPSA) is 54.9 Å². The van der Waals surface area contributed by atoms with Crippen LogP contribution < -0.4 is 4.74 Å². The molecule has 1 aromatic carbocycles. The number of rotatable bonds is 6. The third-order valence-electron chi connectivity index (χ3n) is 7.24. The molecule has 5 rings (SSSR count). The van der Waals surface area contributed by atoms with Crippen LogP contribution >= 0.6 is 0 Å². The monoisotopic (exact) mass is 421 g/mol. The molecule has 1 aromatic heterocycles. The minimum atomic E-state index is -0.161. The summed E-state index contributed by atoms with van der Waals surface area (Å²) in [6, 6.07) is 12.0. The number of methoxy groups -OCH3 is 1. The Balaban J connectivity index is 1.19. The Morgan fingerprint density at radius 3 is 2.71 bits per heavy atom. The highest BCUT2D eigenvalue weighted by atomic mass is 16.5. The van der Waals surface area contributed by atoms with Crippen LogP contribution in [0.15, 0.2) is 42.6 Å². The van der Waals surface area contributed by atoms with Crippen molar-refractivity contribution in [1.82, 2.24) is 14.8 Å². The van der Waals surface area contributed by atoms with Crippen LogP contribution in [0.25, 0.3) is 11.1 Å². The van der Waals surface area contributed by atoms with Crippen molar-refractivity contribution in [2.24, 2.45) is 17.8 Å². The number of fused-ring (bicyclic) bond motifs is 1. The predicted octanol–water partition coefficient (Wildman–Crippen LogP) is 3.24. The minimum Gasteiger partial charge on any atom is -0.497 e. The predicted molar refractivity (Wildman–Crippen MR) is 119 cm³/mol.